The number of nitrogens with two attached hydrogens (primary N) is 2. The molecule has 2 unspecified atom stereocenters. The van der Waals surface area contributed by atoms with Gasteiger partial charge in [0.15, 0.2) is 0 Å². The number of halogens is 4. The average Bonchev–Trinajstić information content (AvgIpc) is 3.18. The van der Waals surface area contributed by atoms with Gasteiger partial charge < -0.3 is 41.4 Å². The van der Waals surface area contributed by atoms with E-state index in [1.807, 2.05) is 72.8 Å². The summed E-state index contributed by atoms with van der Waals surface area (Å²) in [5.41, 5.74) is 12.7. The second kappa shape index (κ2) is 22.6. The van der Waals surface area contributed by atoms with Gasteiger partial charge in [-0.3, -0.25) is 9.98 Å². The van der Waals surface area contributed by atoms with Crippen molar-refractivity contribution >= 4 is 46.8 Å². The van der Waals surface area contributed by atoms with Gasteiger partial charge in [0.05, 0.1) is 34.3 Å². The van der Waals surface area contributed by atoms with Crippen LogP contribution in [0.15, 0.2) is 94.9 Å². The smallest absolute Gasteiger partial charge is 0.414 e. The van der Waals surface area contributed by atoms with E-state index in [-0.39, 0.29) is 70.6 Å². The van der Waals surface area contributed by atoms with Crippen molar-refractivity contribution in [2.45, 2.75) is 12.2 Å². The second-order valence-electron chi connectivity index (χ2n) is 10.4. The summed E-state index contributed by atoms with van der Waals surface area (Å²) in [6.45, 7) is -0.493. The van der Waals surface area contributed by atoms with Crippen LogP contribution in [0.1, 0.15) is 34.5 Å². The Kier molecular flexibility index (Phi) is 18.4. The van der Waals surface area contributed by atoms with Gasteiger partial charge in [-0.1, -0.05) is 83.9 Å². The highest BCUT2D eigenvalue weighted by Crippen LogP contribution is 2.31. The number of nitrogens with zero attached hydrogens (tertiary/aromatic N) is 4. The summed E-state index contributed by atoms with van der Waals surface area (Å²) >= 11 is 11.6. The maximum absolute atomic E-state index is 13.5. The molecule has 4 aromatic carbocycles. The summed E-state index contributed by atoms with van der Waals surface area (Å²) in [4.78, 5) is 26.3. The molecule has 0 bridgehead atoms. The maximum atomic E-state index is 13.5. The number of benzene rings is 4. The molecule has 0 saturated heterocycles. The van der Waals surface area contributed by atoms with Crippen molar-refractivity contribution in [2.24, 2.45) is 21.5 Å². The maximum Gasteiger partial charge on any atom is 0.414 e. The molecule has 0 spiro atoms. The van der Waals surface area contributed by atoms with Gasteiger partial charge in [0.1, 0.15) is 72.4 Å². The molecule has 0 aromatic heterocycles. The van der Waals surface area contributed by atoms with E-state index in [0.29, 0.717) is 0 Å². The fourth-order valence-electron chi connectivity index (χ4n) is 3.99. The molecular weight excluding hydrogens is 753 g/mol. The van der Waals surface area contributed by atoms with Crippen LogP contribution < -0.4 is 20.9 Å². The zero-order chi connectivity index (χ0) is 40.2. The predicted octanol–water partition coefficient (Wildman–Crippen LogP) is 4.80. The van der Waals surface area contributed by atoms with Gasteiger partial charge in [0, 0.05) is 12.1 Å². The van der Waals surface area contributed by atoms with Crippen molar-refractivity contribution in [2.75, 3.05) is 26.3 Å². The lowest BCUT2D eigenvalue weighted by molar-refractivity contribution is -0.159. The Morgan fingerprint density at radius 3 is 1.30 bits per heavy atom. The summed E-state index contributed by atoms with van der Waals surface area (Å²) in [6.07, 6.45) is -1.16. The molecule has 4 rings (SSSR count). The molecular formula is C36H32Cl2F2N6O8. The normalized spacial score (nSPS) is 11.9. The largest absolute Gasteiger partial charge is 0.482 e. The molecule has 2 atom stereocenters. The van der Waals surface area contributed by atoms with Gasteiger partial charge in [-0.15, -0.1) is 0 Å². The Labute approximate surface area is 317 Å². The van der Waals surface area contributed by atoms with Gasteiger partial charge in [-0.25, -0.2) is 18.4 Å². The number of aliphatic hydroxyl groups excluding tert-OH is 2. The first kappa shape index (κ1) is 43.9. The number of carboxylic acids is 2. The van der Waals surface area contributed by atoms with E-state index in [0.717, 1.165) is 23.3 Å². The van der Waals surface area contributed by atoms with E-state index < -0.39 is 35.8 Å². The molecule has 0 heterocycles. The monoisotopic (exact) mass is 784 g/mol. The first-order valence-electron chi connectivity index (χ1n) is 15.2. The topological polar surface area (TPSA) is 258 Å². The number of aliphatic hydroxyl groups is 2. The van der Waals surface area contributed by atoms with Gasteiger partial charge in [0.2, 0.25) is 0 Å². The molecule has 0 amide bonds. The minimum absolute atomic E-state index is 0.0249. The molecule has 282 valence electrons. The third-order valence-corrected chi connectivity index (χ3v) is 7.17. The molecule has 0 aliphatic heterocycles. The molecule has 18 heteroatoms. The average molecular weight is 786 g/mol. The number of hydrogen-bond acceptors (Lipinski definition) is 10. The number of aliphatic carboxylic acids is 2. The number of amidine groups is 2. The summed E-state index contributed by atoms with van der Waals surface area (Å²) < 4.78 is 38.7. The van der Waals surface area contributed by atoms with Crippen LogP contribution in [-0.4, -0.2) is 70.3 Å². The quantitative estimate of drug-likeness (QED) is 0.0644. The molecule has 0 aliphatic rings. The predicted molar refractivity (Wildman–Crippen MR) is 194 cm³/mol. The first-order valence-corrected chi connectivity index (χ1v) is 16.0. The minimum Gasteiger partial charge on any atom is -0.482 e. The Balaban J connectivity index is 0.000000325. The zero-order valence-electron chi connectivity index (χ0n) is 27.9. The molecule has 14 nitrogen and oxygen atoms in total. The molecule has 0 radical (unpaired) electrons. The lowest BCUT2D eigenvalue weighted by Crippen LogP contribution is -2.20. The molecule has 54 heavy (non-hydrogen) atoms. The number of rotatable bonds is 12. The highest BCUT2D eigenvalue weighted by molar-refractivity contribution is 6.31. The van der Waals surface area contributed by atoms with Gasteiger partial charge in [0.25, 0.3) is 0 Å². The van der Waals surface area contributed by atoms with Gasteiger partial charge in [-0.2, -0.15) is 10.5 Å². The van der Waals surface area contributed by atoms with E-state index in [1.165, 1.54) is 12.1 Å². The van der Waals surface area contributed by atoms with Crippen molar-refractivity contribution in [3.8, 4) is 23.6 Å². The fourth-order valence-corrected chi connectivity index (χ4v) is 4.30. The zero-order valence-corrected chi connectivity index (χ0v) is 29.5. The van der Waals surface area contributed by atoms with Crippen LogP contribution in [0.5, 0.6) is 11.5 Å². The standard InChI is InChI=1S/2C17H15ClFN3O2.C2H2O4/c2*18-13-7-15(12(8-20)6-14(13)19)24-16(9-22-17(21)10-23)11-4-2-1-3-5-11;3-1(4)2(5)6/h2*1-7,16,23H,9-10H2,(H2,21,22);(H,3,4)(H,5,6). The summed E-state index contributed by atoms with van der Waals surface area (Å²) in [6, 6.07) is 26.6. The Hall–Kier alpha value is -6.30. The van der Waals surface area contributed by atoms with Crippen LogP contribution in [0.4, 0.5) is 8.78 Å². The Morgan fingerprint density at radius 2 is 1.02 bits per heavy atom. The van der Waals surface area contributed by atoms with E-state index in [1.54, 1.807) is 0 Å². The van der Waals surface area contributed by atoms with Crippen LogP contribution in [0.25, 0.3) is 0 Å². The van der Waals surface area contributed by atoms with Crippen molar-refractivity contribution in [1.29, 1.82) is 10.5 Å². The summed E-state index contributed by atoms with van der Waals surface area (Å²) in [5.74, 6) is -4.61. The molecule has 8 N–H and O–H groups in total. The number of nitriles is 2. The van der Waals surface area contributed by atoms with E-state index >= 15 is 0 Å². The van der Waals surface area contributed by atoms with E-state index in [4.69, 9.17) is 84.7 Å². The highest BCUT2D eigenvalue weighted by atomic mass is 35.5. The van der Waals surface area contributed by atoms with Crippen LogP contribution in [0, 0.1) is 34.3 Å². The molecule has 0 fully saturated rings. The third-order valence-electron chi connectivity index (χ3n) is 6.59. The molecule has 0 aliphatic carbocycles. The van der Waals surface area contributed by atoms with Crippen molar-refractivity contribution in [3.63, 3.8) is 0 Å². The van der Waals surface area contributed by atoms with Crippen molar-refractivity contribution in [3.05, 3.63) is 129 Å². The number of carbonyl (C=O) groups is 2. The molecule has 4 aromatic rings. The van der Waals surface area contributed by atoms with Crippen LogP contribution >= 0.6 is 23.2 Å². The van der Waals surface area contributed by atoms with E-state index in [2.05, 4.69) is 9.98 Å². The van der Waals surface area contributed by atoms with E-state index in [9.17, 15) is 8.78 Å². The minimum atomic E-state index is -1.82. The molecule has 0 saturated carbocycles. The number of hydrogen-bond donors (Lipinski definition) is 6. The van der Waals surface area contributed by atoms with Crippen LogP contribution in [0.3, 0.4) is 0 Å². The van der Waals surface area contributed by atoms with Crippen molar-refractivity contribution < 1.29 is 48.3 Å². The number of ether oxygens (including phenoxy) is 2. The Morgan fingerprint density at radius 1 is 0.685 bits per heavy atom. The van der Waals surface area contributed by atoms with Crippen molar-refractivity contribution in [1.82, 2.24) is 0 Å². The lowest BCUT2D eigenvalue weighted by Gasteiger charge is -2.19. The van der Waals surface area contributed by atoms with Crippen LogP contribution in [-0.2, 0) is 9.59 Å². The summed E-state index contributed by atoms with van der Waals surface area (Å²) in [7, 11) is 0. The Bertz CT molecular complexity index is 1880. The number of aliphatic imine (C=N–C) groups is 2. The SMILES string of the molecule is N#Cc1cc(F)c(Cl)cc1OC(CN=C(N)CO)c1ccccc1.N#Cc1cc(F)c(Cl)cc1OC(CN=C(N)CO)c1ccccc1.O=C(O)C(=O)O. The van der Waals surface area contributed by atoms with Gasteiger partial charge in [-0.05, 0) is 23.3 Å². The fraction of sp³-hybridized carbons (Fsp3) is 0.167. The summed E-state index contributed by atoms with van der Waals surface area (Å²) in [5, 5.41) is 50.7. The lowest BCUT2D eigenvalue weighted by atomic mass is 10.1. The third kappa shape index (κ3) is 14.4. The van der Waals surface area contributed by atoms with Gasteiger partial charge >= 0.3 is 11.9 Å². The second-order valence-corrected chi connectivity index (χ2v) is 11.2. The highest BCUT2D eigenvalue weighted by Gasteiger charge is 2.19. The first-order chi connectivity index (χ1) is 25.7. The van der Waals surface area contributed by atoms with Crippen LogP contribution in [0.2, 0.25) is 10.0 Å². The number of carboxylic acid groups (broad SMARTS) is 2.